The highest BCUT2D eigenvalue weighted by molar-refractivity contribution is 7.09. The maximum Gasteiger partial charge on any atom is 0.424 e. The van der Waals surface area contributed by atoms with E-state index >= 15 is 0 Å². The van der Waals surface area contributed by atoms with E-state index in [1.54, 1.807) is 12.1 Å². The number of aromatic nitrogens is 2. The first-order valence-corrected chi connectivity index (χ1v) is 9.29. The smallest absolute Gasteiger partial charge is 0.374 e. The van der Waals surface area contributed by atoms with E-state index < -0.39 is 29.1 Å². The van der Waals surface area contributed by atoms with Gasteiger partial charge < -0.3 is 15.3 Å². The third-order valence-corrected chi connectivity index (χ3v) is 5.43. The van der Waals surface area contributed by atoms with Crippen molar-refractivity contribution in [2.75, 3.05) is 23.3 Å². The van der Waals surface area contributed by atoms with E-state index in [1.807, 2.05) is 0 Å². The molecule has 10 heteroatoms. The highest BCUT2D eigenvalue weighted by Crippen LogP contribution is 2.43. The van der Waals surface area contributed by atoms with Crippen LogP contribution in [0.2, 0.25) is 0 Å². The van der Waals surface area contributed by atoms with E-state index in [-0.39, 0.29) is 5.69 Å². The topological polar surface area (TPSA) is 78.4 Å². The van der Waals surface area contributed by atoms with Gasteiger partial charge in [-0.2, -0.15) is 13.2 Å². The van der Waals surface area contributed by atoms with Gasteiger partial charge in [0.15, 0.2) is 0 Å². The van der Waals surface area contributed by atoms with Crippen LogP contribution >= 0.6 is 11.3 Å². The molecule has 1 aliphatic heterocycles. The molecule has 1 unspecified atom stereocenters. The summed E-state index contributed by atoms with van der Waals surface area (Å²) in [5, 5.41) is 13.4. The van der Waals surface area contributed by atoms with Crippen molar-refractivity contribution in [1.29, 1.82) is 0 Å². The van der Waals surface area contributed by atoms with Gasteiger partial charge in [-0.1, -0.05) is 0 Å². The van der Waals surface area contributed by atoms with Crippen LogP contribution in [-0.4, -0.2) is 40.2 Å². The second kappa shape index (κ2) is 7.43. The number of thiazole rings is 1. The van der Waals surface area contributed by atoms with Gasteiger partial charge in [-0.15, -0.1) is 11.3 Å². The molecule has 1 fully saturated rings. The van der Waals surface area contributed by atoms with Gasteiger partial charge in [-0.25, -0.2) is 9.97 Å². The summed E-state index contributed by atoms with van der Waals surface area (Å²) in [6.07, 6.45) is -2.64. The lowest BCUT2D eigenvalue weighted by atomic mass is 9.99. The number of aryl methyl sites for hydroxylation is 1. The second-order valence-corrected chi connectivity index (χ2v) is 7.33. The van der Waals surface area contributed by atoms with Crippen molar-refractivity contribution in [3.8, 4) is 0 Å². The Morgan fingerprint density at radius 1 is 1.33 bits per heavy atom. The lowest BCUT2D eigenvalue weighted by Crippen LogP contribution is -2.45. The number of aliphatic hydroxyl groups is 1. The molecule has 0 radical (unpaired) electrons. The van der Waals surface area contributed by atoms with E-state index in [0.717, 1.165) is 31.7 Å². The Kier molecular flexibility index (Phi) is 5.38. The fourth-order valence-electron chi connectivity index (χ4n) is 2.87. The summed E-state index contributed by atoms with van der Waals surface area (Å²) in [6.45, 7) is 3.33. The number of nitrogens with zero attached hydrogens (tertiary/aromatic N) is 3. The predicted molar refractivity (Wildman–Crippen MR) is 95.7 cm³/mol. The Labute approximate surface area is 158 Å². The first-order chi connectivity index (χ1) is 12.7. The molecule has 3 heterocycles. The monoisotopic (exact) mass is 400 g/mol. The second-order valence-electron chi connectivity index (χ2n) is 6.48. The van der Waals surface area contributed by atoms with Crippen LogP contribution in [0.5, 0.6) is 0 Å². The summed E-state index contributed by atoms with van der Waals surface area (Å²) >= 11 is 0.669. The Morgan fingerprint density at radius 3 is 2.56 bits per heavy atom. The van der Waals surface area contributed by atoms with Crippen LogP contribution in [0.15, 0.2) is 23.7 Å². The minimum Gasteiger partial charge on any atom is -0.374 e. The molecule has 2 N–H and O–H groups in total. The van der Waals surface area contributed by atoms with Crippen molar-refractivity contribution >= 4 is 28.7 Å². The summed E-state index contributed by atoms with van der Waals surface area (Å²) in [7, 11) is 0. The lowest BCUT2D eigenvalue weighted by Gasteiger charge is -2.27. The van der Waals surface area contributed by atoms with Gasteiger partial charge in [0.2, 0.25) is 11.5 Å². The highest BCUT2D eigenvalue weighted by Gasteiger charge is 2.58. The van der Waals surface area contributed by atoms with Crippen molar-refractivity contribution in [2.24, 2.45) is 0 Å². The molecule has 27 heavy (non-hydrogen) atoms. The molecule has 3 rings (SSSR count). The van der Waals surface area contributed by atoms with Gasteiger partial charge in [0.25, 0.3) is 0 Å². The summed E-state index contributed by atoms with van der Waals surface area (Å²) in [6, 6.07) is 3.29. The quantitative estimate of drug-likeness (QED) is 0.806. The van der Waals surface area contributed by atoms with E-state index in [1.165, 1.54) is 18.5 Å². The fourth-order valence-corrected chi connectivity index (χ4v) is 3.79. The first-order valence-electron chi connectivity index (χ1n) is 8.41. The zero-order valence-electron chi connectivity index (χ0n) is 14.6. The zero-order valence-corrected chi connectivity index (χ0v) is 15.4. The Bertz CT molecular complexity index is 803. The predicted octanol–water partition coefficient (Wildman–Crippen LogP) is 3.23. The summed E-state index contributed by atoms with van der Waals surface area (Å²) in [5.74, 6) is -0.214. The lowest BCUT2D eigenvalue weighted by molar-refractivity contribution is -0.266. The van der Waals surface area contributed by atoms with Crippen LogP contribution in [0.3, 0.4) is 0 Å². The Hall–Kier alpha value is -2.20. The maximum absolute atomic E-state index is 13.4. The SMILES string of the molecule is Cc1csc(C(O)(CC(=O)Nc2ccc(N3CCCC3)nc2)C(F)(F)F)n1. The number of rotatable bonds is 5. The normalized spacial score (nSPS) is 17.0. The largest absolute Gasteiger partial charge is 0.424 e. The van der Waals surface area contributed by atoms with Crippen molar-refractivity contribution in [3.63, 3.8) is 0 Å². The van der Waals surface area contributed by atoms with Gasteiger partial charge in [-0.05, 0) is 31.9 Å². The van der Waals surface area contributed by atoms with Gasteiger partial charge in [0, 0.05) is 24.2 Å². The third-order valence-electron chi connectivity index (χ3n) is 4.32. The van der Waals surface area contributed by atoms with Crippen molar-refractivity contribution < 1.29 is 23.1 Å². The number of nitrogens with one attached hydrogen (secondary N) is 1. The van der Waals surface area contributed by atoms with E-state index in [0.29, 0.717) is 17.0 Å². The molecule has 6 nitrogen and oxygen atoms in total. The molecular formula is C17H19F3N4O2S. The van der Waals surface area contributed by atoms with E-state index in [2.05, 4.69) is 20.2 Å². The van der Waals surface area contributed by atoms with Gasteiger partial charge >= 0.3 is 6.18 Å². The van der Waals surface area contributed by atoms with Crippen LogP contribution in [0.1, 0.15) is 30.0 Å². The standard InChI is InChI=1S/C17H19F3N4O2S/c1-11-10-27-15(22-11)16(26,17(18,19)20)8-14(25)23-12-4-5-13(21-9-12)24-6-2-3-7-24/h4-5,9-10,26H,2-3,6-8H2,1H3,(H,23,25). The molecule has 1 saturated heterocycles. The number of carbonyl (C=O) groups is 1. The van der Waals surface area contributed by atoms with Crippen LogP contribution in [0, 0.1) is 6.92 Å². The molecule has 1 amide bonds. The van der Waals surface area contributed by atoms with Crippen LogP contribution in [-0.2, 0) is 10.4 Å². The van der Waals surface area contributed by atoms with E-state index in [4.69, 9.17) is 0 Å². The number of halogens is 3. The van der Waals surface area contributed by atoms with Crippen molar-refractivity contribution in [3.05, 3.63) is 34.4 Å². The first kappa shape index (κ1) is 19.6. The number of pyridine rings is 1. The van der Waals surface area contributed by atoms with Crippen LogP contribution in [0.25, 0.3) is 0 Å². The number of hydrogen-bond donors (Lipinski definition) is 2. The molecule has 0 aromatic carbocycles. The molecule has 0 spiro atoms. The van der Waals surface area contributed by atoms with Gasteiger partial charge in [0.1, 0.15) is 10.8 Å². The number of alkyl halides is 3. The molecule has 1 atom stereocenters. The van der Waals surface area contributed by atoms with E-state index in [9.17, 15) is 23.1 Å². The molecule has 0 bridgehead atoms. The average molecular weight is 400 g/mol. The number of carbonyl (C=O) groups excluding carboxylic acids is 1. The van der Waals surface area contributed by atoms with Crippen LogP contribution in [0.4, 0.5) is 24.7 Å². The number of amides is 1. The molecule has 0 saturated carbocycles. The number of hydrogen-bond acceptors (Lipinski definition) is 6. The Balaban J connectivity index is 1.71. The van der Waals surface area contributed by atoms with Gasteiger partial charge in [-0.3, -0.25) is 4.79 Å². The summed E-state index contributed by atoms with van der Waals surface area (Å²) in [4.78, 5) is 22.2. The molecule has 2 aromatic heterocycles. The molecular weight excluding hydrogens is 381 g/mol. The van der Waals surface area contributed by atoms with Crippen molar-refractivity contribution in [1.82, 2.24) is 9.97 Å². The summed E-state index contributed by atoms with van der Waals surface area (Å²) < 4.78 is 40.3. The molecule has 2 aromatic rings. The molecule has 0 aliphatic carbocycles. The highest BCUT2D eigenvalue weighted by atomic mass is 32.1. The minimum absolute atomic E-state index is 0.266. The fraction of sp³-hybridized carbons (Fsp3) is 0.471. The summed E-state index contributed by atoms with van der Waals surface area (Å²) in [5.41, 5.74) is -2.72. The van der Waals surface area contributed by atoms with Gasteiger partial charge in [0.05, 0.1) is 18.3 Å². The molecule has 1 aliphatic rings. The average Bonchev–Trinajstić information content (AvgIpc) is 3.26. The third kappa shape index (κ3) is 4.22. The van der Waals surface area contributed by atoms with Crippen LogP contribution < -0.4 is 10.2 Å². The Morgan fingerprint density at radius 2 is 2.04 bits per heavy atom. The zero-order chi connectivity index (χ0) is 19.7. The molecule has 146 valence electrons. The maximum atomic E-state index is 13.4. The number of anilines is 2. The minimum atomic E-state index is -5.04. The van der Waals surface area contributed by atoms with Crippen molar-refractivity contribution in [2.45, 2.75) is 38.0 Å².